The Balaban J connectivity index is 1.50. The molecule has 35 heavy (non-hydrogen) atoms. The molecule has 0 bridgehead atoms. The summed E-state index contributed by atoms with van der Waals surface area (Å²) in [5, 5.41) is 7.88. The van der Waals surface area contributed by atoms with E-state index < -0.39 is 5.91 Å². The predicted octanol–water partition coefficient (Wildman–Crippen LogP) is 7.38. The Labute approximate surface area is 206 Å². The van der Waals surface area contributed by atoms with Crippen LogP contribution in [-0.4, -0.2) is 15.7 Å². The molecule has 0 fully saturated rings. The highest BCUT2D eigenvalue weighted by Gasteiger charge is 2.19. The molecule has 0 saturated carbocycles. The van der Waals surface area contributed by atoms with Gasteiger partial charge in [0.25, 0.3) is 5.91 Å². The zero-order valence-corrected chi connectivity index (χ0v) is 19.1. The van der Waals surface area contributed by atoms with E-state index in [0.717, 1.165) is 0 Å². The molecule has 5 nitrogen and oxygen atoms in total. The summed E-state index contributed by atoms with van der Waals surface area (Å²) in [7, 11) is 0. The number of carbonyl (C=O) groups is 1. The van der Waals surface area contributed by atoms with E-state index in [1.807, 2.05) is 48.5 Å². The molecule has 1 aromatic heterocycles. The molecule has 7 heteroatoms. The Morgan fingerprint density at radius 1 is 0.857 bits per heavy atom. The minimum Gasteiger partial charge on any atom is -0.455 e. The molecule has 5 aromatic rings. The van der Waals surface area contributed by atoms with Crippen LogP contribution in [0.4, 0.5) is 10.1 Å². The van der Waals surface area contributed by atoms with E-state index >= 15 is 0 Å². The highest BCUT2D eigenvalue weighted by atomic mass is 35.5. The Hall–Kier alpha value is -4.42. The fraction of sp³-hybridized carbons (Fsp3) is 0. The largest absolute Gasteiger partial charge is 0.455 e. The zero-order chi connectivity index (χ0) is 24.2. The second-order valence-corrected chi connectivity index (χ2v) is 8.06. The number of halogens is 2. The zero-order valence-electron chi connectivity index (χ0n) is 18.4. The Morgan fingerprint density at radius 3 is 2.31 bits per heavy atom. The van der Waals surface area contributed by atoms with Crippen molar-refractivity contribution in [1.29, 1.82) is 0 Å². The van der Waals surface area contributed by atoms with Crippen molar-refractivity contribution in [2.24, 2.45) is 0 Å². The number of amides is 1. The van der Waals surface area contributed by atoms with Gasteiger partial charge in [-0.05, 0) is 66.7 Å². The van der Waals surface area contributed by atoms with E-state index in [2.05, 4.69) is 10.4 Å². The molecule has 0 aliphatic carbocycles. The first kappa shape index (κ1) is 22.4. The molecule has 1 heterocycles. The van der Waals surface area contributed by atoms with Gasteiger partial charge in [0.1, 0.15) is 11.6 Å². The molecule has 0 radical (unpaired) electrons. The van der Waals surface area contributed by atoms with Gasteiger partial charge in [-0.2, -0.15) is 5.10 Å². The molecule has 1 N–H and O–H groups in total. The molecule has 5 rings (SSSR count). The van der Waals surface area contributed by atoms with Crippen LogP contribution in [0, 0.1) is 5.82 Å². The number of anilines is 1. The molecule has 1 amide bonds. The number of nitrogens with zero attached hydrogens (tertiary/aromatic N) is 2. The van der Waals surface area contributed by atoms with Gasteiger partial charge in [0.05, 0.1) is 22.1 Å². The fourth-order valence-corrected chi connectivity index (χ4v) is 3.80. The summed E-state index contributed by atoms with van der Waals surface area (Å²) < 4.78 is 21.1. The lowest BCUT2D eigenvalue weighted by Gasteiger charge is -2.11. The third kappa shape index (κ3) is 4.93. The van der Waals surface area contributed by atoms with Crippen molar-refractivity contribution in [3.8, 4) is 28.4 Å². The lowest BCUT2D eigenvalue weighted by atomic mass is 10.1. The Morgan fingerprint density at radius 2 is 1.54 bits per heavy atom. The Kier molecular flexibility index (Phi) is 6.28. The van der Waals surface area contributed by atoms with E-state index in [4.69, 9.17) is 16.3 Å². The lowest BCUT2D eigenvalue weighted by Crippen LogP contribution is -2.13. The molecular weight excluding hydrogens is 465 g/mol. The van der Waals surface area contributed by atoms with E-state index in [1.54, 1.807) is 53.2 Å². The number of rotatable bonds is 6. The summed E-state index contributed by atoms with van der Waals surface area (Å²) in [5.74, 6) is 0.362. The highest BCUT2D eigenvalue weighted by molar-refractivity contribution is 6.32. The average Bonchev–Trinajstić information content (AvgIpc) is 3.32. The van der Waals surface area contributed by atoms with Crippen molar-refractivity contribution in [3.63, 3.8) is 0 Å². The van der Waals surface area contributed by atoms with Crippen LogP contribution in [0.5, 0.6) is 11.5 Å². The number of hydrogen-bond donors (Lipinski definition) is 1. The van der Waals surface area contributed by atoms with Crippen LogP contribution in [0.3, 0.4) is 0 Å². The van der Waals surface area contributed by atoms with Crippen molar-refractivity contribution in [2.75, 3.05) is 5.32 Å². The van der Waals surface area contributed by atoms with Crippen molar-refractivity contribution < 1.29 is 13.9 Å². The molecule has 0 spiro atoms. The van der Waals surface area contributed by atoms with Crippen LogP contribution >= 0.6 is 11.6 Å². The molecular formula is C28H19ClFN3O2. The van der Waals surface area contributed by atoms with Gasteiger partial charge < -0.3 is 10.1 Å². The monoisotopic (exact) mass is 483 g/mol. The van der Waals surface area contributed by atoms with E-state index in [9.17, 15) is 9.18 Å². The number of benzene rings is 4. The predicted molar refractivity (Wildman–Crippen MR) is 135 cm³/mol. The van der Waals surface area contributed by atoms with Crippen LogP contribution in [0.15, 0.2) is 109 Å². The maximum absolute atomic E-state index is 13.5. The van der Waals surface area contributed by atoms with E-state index in [-0.39, 0.29) is 11.5 Å². The first-order valence-corrected chi connectivity index (χ1v) is 11.2. The van der Waals surface area contributed by atoms with Gasteiger partial charge >= 0.3 is 0 Å². The van der Waals surface area contributed by atoms with Crippen LogP contribution in [-0.2, 0) is 0 Å². The molecule has 4 aromatic carbocycles. The standard InChI is InChI=1S/C28H19ClFN3O2/c29-22-10-4-6-12-25(22)33-26(19-14-16-20(30)17-15-19)18-24(32-33)28(34)31-23-11-5-7-13-27(23)35-21-8-2-1-3-9-21/h1-18H,(H,31,34). The van der Waals surface area contributed by atoms with Crippen LogP contribution in [0.2, 0.25) is 5.02 Å². The first-order chi connectivity index (χ1) is 17.1. The molecule has 0 atom stereocenters. The quantitative estimate of drug-likeness (QED) is 0.274. The van der Waals surface area contributed by atoms with Gasteiger partial charge in [-0.25, -0.2) is 9.07 Å². The van der Waals surface area contributed by atoms with E-state index in [0.29, 0.717) is 39.2 Å². The summed E-state index contributed by atoms with van der Waals surface area (Å²) >= 11 is 6.42. The fourth-order valence-electron chi connectivity index (χ4n) is 3.59. The van der Waals surface area contributed by atoms with Gasteiger partial charge in [-0.3, -0.25) is 4.79 Å². The van der Waals surface area contributed by atoms with E-state index in [1.165, 1.54) is 12.1 Å². The van der Waals surface area contributed by atoms with Crippen molar-refractivity contribution in [3.05, 3.63) is 126 Å². The van der Waals surface area contributed by atoms with Gasteiger partial charge in [-0.15, -0.1) is 0 Å². The van der Waals surface area contributed by atoms with Crippen molar-refractivity contribution in [1.82, 2.24) is 9.78 Å². The number of para-hydroxylation sites is 4. The summed E-state index contributed by atoms with van der Waals surface area (Å²) in [6, 6.07) is 31.3. The molecule has 0 saturated heterocycles. The Bertz CT molecular complexity index is 1480. The molecule has 0 aliphatic rings. The number of nitrogens with one attached hydrogen (secondary N) is 1. The third-order valence-electron chi connectivity index (χ3n) is 5.27. The number of hydrogen-bond acceptors (Lipinski definition) is 3. The van der Waals surface area contributed by atoms with Gasteiger partial charge in [0.15, 0.2) is 11.4 Å². The SMILES string of the molecule is O=C(Nc1ccccc1Oc1ccccc1)c1cc(-c2ccc(F)cc2)n(-c2ccccc2Cl)n1. The topological polar surface area (TPSA) is 56.1 Å². The maximum atomic E-state index is 13.5. The van der Waals surface area contributed by atoms with Crippen molar-refractivity contribution in [2.45, 2.75) is 0 Å². The molecule has 172 valence electrons. The maximum Gasteiger partial charge on any atom is 0.276 e. The minimum atomic E-state index is -0.428. The van der Waals surface area contributed by atoms with Crippen LogP contribution in [0.25, 0.3) is 16.9 Å². The van der Waals surface area contributed by atoms with Crippen LogP contribution in [0.1, 0.15) is 10.5 Å². The number of carbonyl (C=O) groups excluding carboxylic acids is 1. The first-order valence-electron chi connectivity index (χ1n) is 10.8. The second-order valence-electron chi connectivity index (χ2n) is 7.65. The molecule has 0 unspecified atom stereocenters. The van der Waals surface area contributed by atoms with Gasteiger partial charge in [-0.1, -0.05) is 54.1 Å². The summed E-state index contributed by atoms with van der Waals surface area (Å²) in [5.41, 5.74) is 2.54. The summed E-state index contributed by atoms with van der Waals surface area (Å²) in [6.07, 6.45) is 0. The average molecular weight is 484 g/mol. The summed E-state index contributed by atoms with van der Waals surface area (Å²) in [6.45, 7) is 0. The number of aromatic nitrogens is 2. The van der Waals surface area contributed by atoms with Crippen molar-refractivity contribution >= 4 is 23.2 Å². The number of ether oxygens (including phenoxy) is 1. The lowest BCUT2D eigenvalue weighted by molar-refractivity contribution is 0.102. The third-order valence-corrected chi connectivity index (χ3v) is 5.59. The van der Waals surface area contributed by atoms with Crippen LogP contribution < -0.4 is 10.1 Å². The second kappa shape index (κ2) is 9.83. The summed E-state index contributed by atoms with van der Waals surface area (Å²) in [4.78, 5) is 13.3. The normalized spacial score (nSPS) is 10.7. The highest BCUT2D eigenvalue weighted by Crippen LogP contribution is 2.31. The smallest absolute Gasteiger partial charge is 0.276 e. The van der Waals surface area contributed by atoms with Gasteiger partial charge in [0.2, 0.25) is 0 Å². The van der Waals surface area contributed by atoms with Gasteiger partial charge in [0, 0.05) is 5.56 Å². The molecule has 0 aliphatic heterocycles. The minimum absolute atomic E-state index is 0.166.